The maximum absolute atomic E-state index is 15.8. The summed E-state index contributed by atoms with van der Waals surface area (Å²) < 4.78 is 17.5. The molecule has 0 spiro atoms. The average molecular weight is 901 g/mol. The Morgan fingerprint density at radius 2 is 1.51 bits per heavy atom. The third-order valence-electron chi connectivity index (χ3n) is 10.6. The van der Waals surface area contributed by atoms with Gasteiger partial charge in [-0.15, -0.1) is 40.5 Å². The molecule has 0 aliphatic rings. The first-order valence-corrected chi connectivity index (χ1v) is 19.0. The second-order valence-electron chi connectivity index (χ2n) is 15.2. The van der Waals surface area contributed by atoms with Gasteiger partial charge in [0.2, 0.25) is 0 Å². The second kappa shape index (κ2) is 16.0. The molecule has 0 atom stereocenters. The summed E-state index contributed by atoms with van der Waals surface area (Å²) in [5, 5.41) is 16.6. The van der Waals surface area contributed by atoms with E-state index in [1.807, 2.05) is 96.3 Å². The Hall–Kier alpha value is -4.22. The van der Waals surface area contributed by atoms with Gasteiger partial charge in [0, 0.05) is 64.6 Å². The molecule has 275 valence electrons. The van der Waals surface area contributed by atoms with Crippen molar-refractivity contribution < 1.29 is 34.4 Å². The third-order valence-corrected chi connectivity index (χ3v) is 11.9. The van der Waals surface area contributed by atoms with Crippen molar-refractivity contribution >= 4 is 58.8 Å². The van der Waals surface area contributed by atoms with E-state index in [4.69, 9.17) is 4.98 Å². The molecule has 2 heterocycles. The zero-order valence-corrected chi connectivity index (χ0v) is 34.9. The largest absolute Gasteiger partial charge is 0.512 e. The molecule has 0 fully saturated rings. The number of thiophene rings is 1. The Balaban J connectivity index is 0.000000290. The number of nitrogens with zero attached hydrogens (tertiary/aromatic N) is 1. The fourth-order valence-electron chi connectivity index (χ4n) is 6.31. The van der Waals surface area contributed by atoms with Crippen LogP contribution in [0.15, 0.2) is 109 Å². The molecule has 0 saturated heterocycles. The van der Waals surface area contributed by atoms with Crippen LogP contribution in [0.25, 0.3) is 64.1 Å². The van der Waals surface area contributed by atoms with E-state index in [1.165, 1.54) is 39.1 Å². The van der Waals surface area contributed by atoms with Crippen LogP contribution in [0, 0.1) is 22.7 Å². The average Bonchev–Trinajstić information content (AvgIpc) is 3.54. The van der Waals surface area contributed by atoms with Crippen LogP contribution in [0.1, 0.15) is 79.7 Å². The Morgan fingerprint density at radius 3 is 2.19 bits per heavy atom. The van der Waals surface area contributed by atoms with Crippen molar-refractivity contribution in [3.63, 3.8) is 0 Å². The molecule has 0 aliphatic heterocycles. The van der Waals surface area contributed by atoms with E-state index < -0.39 is 0 Å². The number of pyridine rings is 1. The van der Waals surface area contributed by atoms with E-state index in [0.29, 0.717) is 16.2 Å². The predicted molar refractivity (Wildman–Crippen MR) is 220 cm³/mol. The molecule has 6 heteroatoms. The molecule has 1 N–H and O–H groups in total. The van der Waals surface area contributed by atoms with Gasteiger partial charge in [-0.05, 0) is 46.5 Å². The van der Waals surface area contributed by atoms with Crippen molar-refractivity contribution in [2.75, 3.05) is 0 Å². The molecule has 1 radical (unpaired) electrons. The first-order valence-electron chi connectivity index (χ1n) is 18.2. The maximum Gasteiger partial charge on any atom is 0.164 e. The minimum absolute atomic E-state index is 0. The number of allylic oxidation sites excluding steroid dienone is 2. The van der Waals surface area contributed by atoms with E-state index in [-0.39, 0.29) is 48.3 Å². The number of ketones is 1. The van der Waals surface area contributed by atoms with Crippen LogP contribution in [0.5, 0.6) is 0 Å². The van der Waals surface area contributed by atoms with Gasteiger partial charge in [-0.1, -0.05) is 139 Å². The Labute approximate surface area is 330 Å². The summed E-state index contributed by atoms with van der Waals surface area (Å²) >= 11 is 1.48. The van der Waals surface area contributed by atoms with Crippen LogP contribution in [-0.2, 0) is 24.9 Å². The Bertz CT molecular complexity index is 2460. The molecule has 0 aliphatic carbocycles. The predicted octanol–water partition coefficient (Wildman–Crippen LogP) is 14.0. The van der Waals surface area contributed by atoms with Crippen LogP contribution in [0.3, 0.4) is 0 Å². The van der Waals surface area contributed by atoms with Crippen LogP contribution >= 0.6 is 11.3 Å². The van der Waals surface area contributed by atoms with Gasteiger partial charge in [-0.3, -0.25) is 9.78 Å². The van der Waals surface area contributed by atoms with Gasteiger partial charge in [-0.25, -0.2) is 4.39 Å². The molecule has 5 aromatic carbocycles. The molecular weight excluding hydrogens is 854 g/mol. The topological polar surface area (TPSA) is 50.2 Å². The van der Waals surface area contributed by atoms with Gasteiger partial charge < -0.3 is 5.11 Å². The Kier molecular flexibility index (Phi) is 12.1. The van der Waals surface area contributed by atoms with E-state index >= 15 is 4.39 Å². The number of carbonyl (C=O) groups excluding carboxylic acids is 1. The number of aliphatic hydroxyl groups is 1. The molecule has 7 rings (SSSR count). The normalized spacial score (nSPS) is 12.3. The van der Waals surface area contributed by atoms with E-state index in [9.17, 15) is 9.90 Å². The molecule has 2 aromatic heterocycles. The number of aromatic nitrogens is 1. The summed E-state index contributed by atoms with van der Waals surface area (Å²) in [6.07, 6.45) is 4.82. The van der Waals surface area contributed by atoms with Gasteiger partial charge in [0.25, 0.3) is 0 Å². The summed E-state index contributed by atoms with van der Waals surface area (Å²) in [5.74, 6) is 0.349. The second-order valence-corrected chi connectivity index (χ2v) is 16.2. The SMILES string of the molecule is CC(C)c1cc(-c2nccc3c2sc2c(F)c(-c4ccccc4)ccc23)[c-]c2ccc3ccccc3c12.CCC(C)(C)C(=O)/C=C(\O)C(C)(C)CC.[Ir]. The van der Waals surface area contributed by atoms with E-state index in [0.717, 1.165) is 50.5 Å². The number of halogens is 1. The van der Waals surface area contributed by atoms with Crippen molar-refractivity contribution in [1.82, 2.24) is 4.98 Å². The molecule has 0 saturated carbocycles. The zero-order chi connectivity index (χ0) is 37.4. The summed E-state index contributed by atoms with van der Waals surface area (Å²) in [5.41, 5.74) is 3.91. The molecule has 0 unspecified atom stereocenters. The number of hydrogen-bond acceptors (Lipinski definition) is 4. The van der Waals surface area contributed by atoms with Crippen molar-refractivity contribution in [2.45, 2.75) is 74.1 Å². The summed E-state index contributed by atoms with van der Waals surface area (Å²) in [4.78, 5) is 16.6. The van der Waals surface area contributed by atoms with Gasteiger partial charge in [-0.2, -0.15) is 0 Å². The number of benzene rings is 5. The van der Waals surface area contributed by atoms with E-state index in [2.05, 4.69) is 62.4 Å². The maximum atomic E-state index is 15.8. The monoisotopic (exact) mass is 901 g/mol. The van der Waals surface area contributed by atoms with Crippen molar-refractivity contribution in [3.05, 3.63) is 126 Å². The van der Waals surface area contributed by atoms with Gasteiger partial charge >= 0.3 is 0 Å². The van der Waals surface area contributed by atoms with Crippen molar-refractivity contribution in [3.8, 4) is 22.4 Å². The molecule has 53 heavy (non-hydrogen) atoms. The third kappa shape index (κ3) is 7.87. The standard InChI is InChI=1S/C34H23FNS.C13H24O2.Ir/c1-20(2)29-19-24(18-23-13-12-22-10-6-7-11-25(22)30(23)29)32-34-28(16-17-36-32)27-15-14-26(31(35)33(27)37-34)21-8-4-3-5-9-21;1-7-12(3,4)10(14)9-11(15)13(5,6)8-2;/h3-17,19-20H,1-2H3;9,14H,7-8H2,1-6H3;/q-1;;/b;10-9-;. The molecular formula is C47H47FIrNO2S-. The molecule has 0 bridgehead atoms. The molecule has 3 nitrogen and oxygen atoms in total. The minimum Gasteiger partial charge on any atom is -0.512 e. The Morgan fingerprint density at radius 1 is 0.849 bits per heavy atom. The first-order chi connectivity index (χ1) is 24.8. The summed E-state index contributed by atoms with van der Waals surface area (Å²) in [6, 6.07) is 34.4. The summed E-state index contributed by atoms with van der Waals surface area (Å²) in [6.45, 7) is 16.1. The fraction of sp³-hybridized carbons (Fsp3) is 0.277. The van der Waals surface area contributed by atoms with Crippen LogP contribution in [0.2, 0.25) is 0 Å². The number of hydrogen-bond donors (Lipinski definition) is 1. The zero-order valence-electron chi connectivity index (χ0n) is 31.7. The van der Waals surface area contributed by atoms with Crippen molar-refractivity contribution in [2.24, 2.45) is 10.8 Å². The minimum atomic E-state index is -0.377. The van der Waals surface area contributed by atoms with Gasteiger partial charge in [0.15, 0.2) is 5.78 Å². The molecule has 0 amide bonds. The van der Waals surface area contributed by atoms with Crippen molar-refractivity contribution in [1.29, 1.82) is 0 Å². The number of fused-ring (bicyclic) bond motifs is 6. The number of aliphatic hydroxyl groups excluding tert-OH is 1. The smallest absolute Gasteiger partial charge is 0.164 e. The quantitative estimate of drug-likeness (QED) is 0.0715. The molecule has 7 aromatic rings. The number of carbonyl (C=O) groups is 1. The van der Waals surface area contributed by atoms with Crippen LogP contribution in [0.4, 0.5) is 4.39 Å². The van der Waals surface area contributed by atoms with Gasteiger partial charge in [0.1, 0.15) is 11.6 Å². The fourth-order valence-corrected chi connectivity index (χ4v) is 7.55. The number of rotatable bonds is 8. The first kappa shape index (κ1) is 40.0. The van der Waals surface area contributed by atoms with Crippen LogP contribution < -0.4 is 0 Å². The van der Waals surface area contributed by atoms with Crippen LogP contribution in [-0.4, -0.2) is 15.9 Å². The van der Waals surface area contributed by atoms with E-state index in [1.54, 1.807) is 0 Å². The summed E-state index contributed by atoms with van der Waals surface area (Å²) in [7, 11) is 0. The van der Waals surface area contributed by atoms with Gasteiger partial charge in [0.05, 0.1) is 4.70 Å².